The van der Waals surface area contributed by atoms with Gasteiger partial charge in [0.15, 0.2) is 0 Å². The maximum atomic E-state index is 13.5. The third-order valence-electron chi connectivity index (χ3n) is 5.84. The zero-order valence-corrected chi connectivity index (χ0v) is 19.9. The van der Waals surface area contributed by atoms with Crippen LogP contribution in [0.3, 0.4) is 0 Å². The second kappa shape index (κ2) is 10.2. The number of carbonyl (C=O) groups is 2. The number of hydrogen-bond acceptors (Lipinski definition) is 4. The molecule has 1 aliphatic carbocycles. The fraction of sp³-hybridized carbons (Fsp3) is 0.522. The third kappa shape index (κ3) is 4.81. The first-order valence-corrected chi connectivity index (χ1v) is 11.6. The van der Waals surface area contributed by atoms with Gasteiger partial charge in [-0.25, -0.2) is 0 Å². The molecule has 2 aliphatic rings. The van der Waals surface area contributed by atoms with Crippen LogP contribution in [0.2, 0.25) is 0 Å². The summed E-state index contributed by atoms with van der Waals surface area (Å²) >= 11 is 12.7. The van der Waals surface area contributed by atoms with E-state index in [0.29, 0.717) is 47.4 Å². The summed E-state index contributed by atoms with van der Waals surface area (Å²) in [7, 11) is 0. The number of nitrogens with two attached hydrogens (primary N) is 1. The molecule has 31 heavy (non-hydrogen) atoms. The van der Waals surface area contributed by atoms with Crippen LogP contribution in [0.25, 0.3) is 0 Å². The molecular weight excluding hydrogens is 435 g/mol. The van der Waals surface area contributed by atoms with Gasteiger partial charge in [0.05, 0.1) is 17.8 Å². The standard InChI is InChI=1S/C23H30Cl2N4O2/c1-4-8-28(9-5-2)20(30)13-29-12-19-22(23(29)31)21(17(11-26)14(3)27-19)16-7-6-15(24)10-18(16)25/h6,10,16H,4-5,7-9,11-13,26H2,1-3H3. The second-order valence-corrected chi connectivity index (χ2v) is 8.94. The molecular formula is C23H30Cl2N4O2. The van der Waals surface area contributed by atoms with E-state index in [4.69, 9.17) is 28.9 Å². The quantitative estimate of drug-likeness (QED) is 0.625. The fourth-order valence-corrected chi connectivity index (χ4v) is 4.99. The summed E-state index contributed by atoms with van der Waals surface area (Å²) in [4.78, 5) is 34.4. The highest BCUT2D eigenvalue weighted by Gasteiger charge is 2.37. The SMILES string of the molecule is CCCN(CCC)C(=O)CN1Cc2nc(C)c(CN)c(C3CC=C(Cl)C=C3Cl)c2C1=O. The summed E-state index contributed by atoms with van der Waals surface area (Å²) in [5, 5.41) is 1.16. The normalized spacial score (nSPS) is 18.1. The molecule has 0 saturated heterocycles. The summed E-state index contributed by atoms with van der Waals surface area (Å²) in [6.45, 7) is 7.99. The van der Waals surface area contributed by atoms with Crippen molar-refractivity contribution >= 4 is 35.0 Å². The van der Waals surface area contributed by atoms with Gasteiger partial charge in [-0.05, 0) is 43.4 Å². The Kier molecular flexibility index (Phi) is 7.78. The van der Waals surface area contributed by atoms with Crippen molar-refractivity contribution in [2.75, 3.05) is 19.6 Å². The Morgan fingerprint density at radius 3 is 2.55 bits per heavy atom. The number of halogens is 2. The molecule has 0 saturated carbocycles. The van der Waals surface area contributed by atoms with Crippen LogP contribution in [0.4, 0.5) is 0 Å². The van der Waals surface area contributed by atoms with E-state index < -0.39 is 0 Å². The maximum Gasteiger partial charge on any atom is 0.256 e. The van der Waals surface area contributed by atoms with Gasteiger partial charge in [-0.2, -0.15) is 0 Å². The fourth-order valence-electron chi connectivity index (χ4n) is 4.42. The molecule has 3 rings (SSSR count). The molecule has 6 nitrogen and oxygen atoms in total. The number of fused-ring (bicyclic) bond motifs is 1. The van der Waals surface area contributed by atoms with Crippen LogP contribution < -0.4 is 5.73 Å². The van der Waals surface area contributed by atoms with Gasteiger partial charge < -0.3 is 15.5 Å². The van der Waals surface area contributed by atoms with E-state index in [1.54, 1.807) is 11.0 Å². The Bertz CT molecular complexity index is 936. The Balaban J connectivity index is 1.96. The van der Waals surface area contributed by atoms with Gasteiger partial charge in [0, 0.05) is 41.3 Å². The van der Waals surface area contributed by atoms with Crippen molar-refractivity contribution < 1.29 is 9.59 Å². The lowest BCUT2D eigenvalue weighted by Gasteiger charge is -2.25. The number of hydrogen-bond donors (Lipinski definition) is 1. The average molecular weight is 465 g/mol. The average Bonchev–Trinajstić information content (AvgIpc) is 3.02. The van der Waals surface area contributed by atoms with E-state index >= 15 is 0 Å². The first-order chi connectivity index (χ1) is 14.8. The molecule has 0 aromatic carbocycles. The molecule has 0 bridgehead atoms. The molecule has 2 N–H and O–H groups in total. The molecule has 0 fully saturated rings. The molecule has 2 heterocycles. The molecule has 1 aromatic heterocycles. The van der Waals surface area contributed by atoms with E-state index in [9.17, 15) is 9.59 Å². The molecule has 168 valence electrons. The molecule has 1 aliphatic heterocycles. The van der Waals surface area contributed by atoms with Crippen molar-refractivity contribution in [1.82, 2.24) is 14.8 Å². The smallest absolute Gasteiger partial charge is 0.256 e. The van der Waals surface area contributed by atoms with Gasteiger partial charge in [0.25, 0.3) is 5.91 Å². The van der Waals surface area contributed by atoms with Crippen LogP contribution in [0.5, 0.6) is 0 Å². The molecule has 0 radical (unpaired) electrons. The summed E-state index contributed by atoms with van der Waals surface area (Å²) < 4.78 is 0. The molecule has 0 spiro atoms. The van der Waals surface area contributed by atoms with Crippen molar-refractivity contribution in [2.24, 2.45) is 5.73 Å². The predicted octanol–water partition coefficient (Wildman–Crippen LogP) is 4.19. The van der Waals surface area contributed by atoms with Gasteiger partial charge in [0.1, 0.15) is 6.54 Å². The molecule has 1 aromatic rings. The number of amides is 2. The lowest BCUT2D eigenvalue weighted by atomic mass is 9.84. The summed E-state index contributed by atoms with van der Waals surface area (Å²) in [6.07, 6.45) is 5.97. The van der Waals surface area contributed by atoms with E-state index in [1.807, 2.05) is 31.7 Å². The highest BCUT2D eigenvalue weighted by molar-refractivity contribution is 6.35. The van der Waals surface area contributed by atoms with Gasteiger partial charge >= 0.3 is 0 Å². The Labute approximate surface area is 194 Å². The summed E-state index contributed by atoms with van der Waals surface area (Å²) in [5.41, 5.74) is 9.74. The number of aryl methyl sites for hydroxylation is 1. The minimum atomic E-state index is -0.200. The number of allylic oxidation sites excluding steroid dienone is 4. The summed E-state index contributed by atoms with van der Waals surface area (Å²) in [6, 6.07) is 0. The third-order valence-corrected chi connectivity index (χ3v) is 6.48. The molecule has 1 unspecified atom stereocenters. The van der Waals surface area contributed by atoms with Crippen LogP contribution in [0, 0.1) is 6.92 Å². The zero-order valence-electron chi connectivity index (χ0n) is 18.4. The minimum Gasteiger partial charge on any atom is -0.341 e. The number of carbonyl (C=O) groups excluding carboxylic acids is 2. The number of aromatic nitrogens is 1. The first-order valence-electron chi connectivity index (χ1n) is 10.8. The lowest BCUT2D eigenvalue weighted by Crippen LogP contribution is -2.41. The second-order valence-electron chi connectivity index (χ2n) is 8.06. The molecule has 2 amide bonds. The van der Waals surface area contributed by atoms with Crippen LogP contribution in [-0.4, -0.2) is 46.2 Å². The van der Waals surface area contributed by atoms with Gasteiger partial charge in [0.2, 0.25) is 5.91 Å². The Morgan fingerprint density at radius 2 is 1.97 bits per heavy atom. The van der Waals surface area contributed by atoms with E-state index in [2.05, 4.69) is 4.98 Å². The van der Waals surface area contributed by atoms with Gasteiger partial charge in [-0.15, -0.1) is 0 Å². The Morgan fingerprint density at radius 1 is 1.29 bits per heavy atom. The van der Waals surface area contributed by atoms with Crippen LogP contribution in [0.15, 0.2) is 22.2 Å². The van der Waals surface area contributed by atoms with Gasteiger partial charge in [-0.3, -0.25) is 14.6 Å². The van der Waals surface area contributed by atoms with E-state index in [-0.39, 0.29) is 30.8 Å². The minimum absolute atomic E-state index is 0.0347. The van der Waals surface area contributed by atoms with Crippen molar-refractivity contribution in [2.45, 2.75) is 59.0 Å². The van der Waals surface area contributed by atoms with Crippen molar-refractivity contribution in [3.8, 4) is 0 Å². The van der Waals surface area contributed by atoms with Crippen molar-refractivity contribution in [3.05, 3.63) is 50.3 Å². The Hall–Kier alpha value is -1.89. The number of nitrogens with zero attached hydrogens (tertiary/aromatic N) is 3. The molecule has 1 atom stereocenters. The van der Waals surface area contributed by atoms with Crippen LogP contribution in [-0.2, 0) is 17.9 Å². The number of rotatable bonds is 8. The predicted molar refractivity (Wildman–Crippen MR) is 124 cm³/mol. The summed E-state index contributed by atoms with van der Waals surface area (Å²) in [5.74, 6) is -0.416. The maximum absolute atomic E-state index is 13.5. The first kappa shape index (κ1) is 23.8. The monoisotopic (exact) mass is 464 g/mol. The largest absolute Gasteiger partial charge is 0.341 e. The van der Waals surface area contributed by atoms with Crippen LogP contribution in [0.1, 0.15) is 71.9 Å². The highest BCUT2D eigenvalue weighted by atomic mass is 35.5. The topological polar surface area (TPSA) is 79.5 Å². The van der Waals surface area contributed by atoms with E-state index in [0.717, 1.165) is 29.7 Å². The molecule has 8 heteroatoms. The van der Waals surface area contributed by atoms with Gasteiger partial charge in [-0.1, -0.05) is 43.1 Å². The zero-order chi connectivity index (χ0) is 22.7. The van der Waals surface area contributed by atoms with Crippen molar-refractivity contribution in [1.29, 1.82) is 0 Å². The lowest BCUT2D eigenvalue weighted by molar-refractivity contribution is -0.132. The van der Waals surface area contributed by atoms with Crippen molar-refractivity contribution in [3.63, 3.8) is 0 Å². The number of pyridine rings is 1. The highest BCUT2D eigenvalue weighted by Crippen LogP contribution is 2.42. The van der Waals surface area contributed by atoms with E-state index in [1.165, 1.54) is 0 Å². The van der Waals surface area contributed by atoms with Crippen LogP contribution >= 0.6 is 23.2 Å².